The van der Waals surface area contributed by atoms with Gasteiger partial charge in [0, 0.05) is 17.4 Å². The quantitative estimate of drug-likeness (QED) is 0.146. The molecule has 1 amide bonds. The lowest BCUT2D eigenvalue weighted by Gasteiger charge is -2.54. The van der Waals surface area contributed by atoms with E-state index in [0.29, 0.717) is 11.3 Å². The van der Waals surface area contributed by atoms with Gasteiger partial charge in [0.05, 0.1) is 17.6 Å². The van der Waals surface area contributed by atoms with E-state index in [-0.39, 0.29) is 41.7 Å². The predicted octanol–water partition coefficient (Wildman–Crippen LogP) is 6.66. The number of carboxylic acid groups (broad SMARTS) is 1. The summed E-state index contributed by atoms with van der Waals surface area (Å²) in [5.74, 6) is -0.804. The van der Waals surface area contributed by atoms with Crippen LogP contribution in [0.15, 0.2) is 59.4 Å². The van der Waals surface area contributed by atoms with Gasteiger partial charge in [-0.3, -0.25) is 4.79 Å². The average molecular weight is 578 g/mol. The number of aliphatic hydroxyl groups is 1. The molecule has 6 atom stereocenters. The summed E-state index contributed by atoms with van der Waals surface area (Å²) in [7, 11) is 0. The Morgan fingerprint density at radius 3 is 2.64 bits per heavy atom. The highest BCUT2D eigenvalue weighted by molar-refractivity contribution is 6.02. The van der Waals surface area contributed by atoms with E-state index in [1.807, 2.05) is 26.0 Å². The Morgan fingerprint density at radius 2 is 2.02 bits per heavy atom. The van der Waals surface area contributed by atoms with Crippen molar-refractivity contribution in [2.24, 2.45) is 17.3 Å². The lowest BCUT2D eigenvalue weighted by Crippen LogP contribution is -2.70. The Balaban J connectivity index is 1.64. The summed E-state index contributed by atoms with van der Waals surface area (Å²) in [6, 6.07) is 3.48. The Labute approximate surface area is 250 Å². The number of rotatable bonds is 12. The number of β-lactam (4-membered cyclic amide) rings is 1. The smallest absolute Gasteiger partial charge is 0.352 e. The molecule has 228 valence electrons. The van der Waals surface area contributed by atoms with E-state index in [2.05, 4.69) is 26.5 Å². The molecule has 0 unspecified atom stereocenters. The van der Waals surface area contributed by atoms with Crippen LogP contribution in [0.4, 0.5) is 0 Å². The van der Waals surface area contributed by atoms with Gasteiger partial charge in [0.2, 0.25) is 5.91 Å². The number of carbonyl (C=O) groups excluding carboxylic acids is 1. The summed E-state index contributed by atoms with van der Waals surface area (Å²) in [5.41, 5.74) is 3.62. The van der Waals surface area contributed by atoms with Gasteiger partial charge in [-0.2, -0.15) is 0 Å². The molecule has 42 heavy (non-hydrogen) atoms. The maximum absolute atomic E-state index is 13.0. The highest BCUT2D eigenvalue weighted by Gasteiger charge is 2.67. The average Bonchev–Trinajstić information content (AvgIpc) is 3.20. The number of aliphatic hydroxyl groups excluding tert-OH is 1. The van der Waals surface area contributed by atoms with Gasteiger partial charge in [-0.15, -0.1) is 0 Å². The molecular weight excluding hydrogens is 530 g/mol. The number of fused-ring (bicyclic) bond motifs is 1. The molecule has 2 aliphatic heterocycles. The molecule has 7 heteroatoms. The van der Waals surface area contributed by atoms with Crippen LogP contribution in [0.2, 0.25) is 0 Å². The first-order valence-corrected chi connectivity index (χ1v) is 15.3. The molecule has 1 fully saturated rings. The van der Waals surface area contributed by atoms with Crippen molar-refractivity contribution >= 4 is 11.9 Å². The lowest BCUT2D eigenvalue weighted by atomic mass is 9.65. The second-order valence-electron chi connectivity index (χ2n) is 12.7. The van der Waals surface area contributed by atoms with Crippen molar-refractivity contribution < 1.29 is 29.6 Å². The molecule has 3 N–H and O–H groups in total. The summed E-state index contributed by atoms with van der Waals surface area (Å²) in [4.78, 5) is 26.5. The predicted molar refractivity (Wildman–Crippen MR) is 164 cm³/mol. The van der Waals surface area contributed by atoms with E-state index in [1.165, 1.54) is 10.5 Å². The fourth-order valence-electron chi connectivity index (χ4n) is 7.17. The highest BCUT2D eigenvalue weighted by Crippen LogP contribution is 2.54. The van der Waals surface area contributed by atoms with Gasteiger partial charge in [0.1, 0.15) is 23.8 Å². The molecule has 4 rings (SSSR count). The Hall–Kier alpha value is -3.32. The molecule has 1 aromatic carbocycles. The van der Waals surface area contributed by atoms with Crippen molar-refractivity contribution in [2.75, 3.05) is 6.61 Å². The molecule has 0 radical (unpaired) electrons. The zero-order valence-corrected chi connectivity index (χ0v) is 25.9. The largest absolute Gasteiger partial charge is 0.507 e. The van der Waals surface area contributed by atoms with Crippen LogP contribution in [0.1, 0.15) is 90.7 Å². The number of phenols is 1. The molecule has 1 saturated heterocycles. The van der Waals surface area contributed by atoms with E-state index >= 15 is 0 Å². The van der Waals surface area contributed by atoms with Crippen LogP contribution in [-0.2, 0) is 16.0 Å². The number of carbonyl (C=O) groups is 2. The summed E-state index contributed by atoms with van der Waals surface area (Å²) >= 11 is 0. The lowest BCUT2D eigenvalue weighted by molar-refractivity contribution is -0.181. The van der Waals surface area contributed by atoms with Crippen molar-refractivity contribution in [3.63, 3.8) is 0 Å². The van der Waals surface area contributed by atoms with Crippen LogP contribution < -0.4 is 4.74 Å². The van der Waals surface area contributed by atoms with E-state index in [1.54, 1.807) is 26.0 Å². The zero-order valence-electron chi connectivity index (χ0n) is 25.9. The van der Waals surface area contributed by atoms with Gasteiger partial charge < -0.3 is 25.0 Å². The number of allylic oxidation sites excluding steroid dienone is 4. The number of ether oxygens (including phenoxy) is 1. The van der Waals surface area contributed by atoms with Gasteiger partial charge in [0.25, 0.3) is 0 Å². The van der Waals surface area contributed by atoms with Crippen LogP contribution in [0.5, 0.6) is 11.5 Å². The number of benzene rings is 1. The van der Waals surface area contributed by atoms with Gasteiger partial charge in [0.15, 0.2) is 0 Å². The van der Waals surface area contributed by atoms with E-state index in [4.69, 9.17) is 4.74 Å². The van der Waals surface area contributed by atoms with E-state index < -0.39 is 23.5 Å². The summed E-state index contributed by atoms with van der Waals surface area (Å²) in [6.07, 6.45) is 10.9. The summed E-state index contributed by atoms with van der Waals surface area (Å²) in [5, 5.41) is 31.7. The third-order valence-corrected chi connectivity index (χ3v) is 9.72. The van der Waals surface area contributed by atoms with Crippen molar-refractivity contribution in [3.8, 4) is 11.5 Å². The third kappa shape index (κ3) is 5.56. The molecule has 0 aromatic heterocycles. The summed E-state index contributed by atoms with van der Waals surface area (Å²) in [6.45, 7) is 15.9. The van der Waals surface area contributed by atoms with Crippen LogP contribution in [0.3, 0.4) is 0 Å². The Kier molecular flexibility index (Phi) is 9.41. The van der Waals surface area contributed by atoms with Crippen molar-refractivity contribution in [3.05, 3.63) is 70.5 Å². The first kappa shape index (κ1) is 31.6. The zero-order chi connectivity index (χ0) is 30.9. The monoisotopic (exact) mass is 577 g/mol. The van der Waals surface area contributed by atoms with Crippen LogP contribution in [-0.4, -0.2) is 50.8 Å². The third-order valence-electron chi connectivity index (χ3n) is 9.72. The van der Waals surface area contributed by atoms with Crippen LogP contribution in [0.25, 0.3) is 0 Å². The highest BCUT2D eigenvalue weighted by atomic mass is 16.5. The number of aromatic hydroxyl groups is 1. The molecule has 7 nitrogen and oxygen atoms in total. The van der Waals surface area contributed by atoms with Gasteiger partial charge in [-0.25, -0.2) is 4.79 Å². The number of nitrogens with zero attached hydrogens (tertiary/aromatic N) is 1. The number of aryl methyl sites for hydroxylation is 1. The number of carboxylic acids is 1. The number of hydrogen-bond acceptors (Lipinski definition) is 5. The van der Waals surface area contributed by atoms with Gasteiger partial charge in [-0.1, -0.05) is 56.6 Å². The standard InChI is InChI=1S/C35H47NO6/c1-8-9-10-12-24-18-28(38)30(27-17-21(4)14-15-25(27)20(2)3)29(19-24)42-16-11-13-26-22(5)32-35(7,23(6)37)34(41)36(32)31(26)33(39)40/h11,13,17-19,22-23,25,27,32,37-38H,2,8-10,12,14-16H2,1,3-7H3,(H,39,40)/b13-11+/t22-,23+,25-,27+,32+,35+/m0/s1. The molecule has 0 bridgehead atoms. The SMILES string of the molecule is C=C(C)[C@@H]1CCC(C)=C[C@H]1c1c(O)cc(CCCCC)cc1OC/C=C/C1=C(C(=O)O)N2C(=O)[C@](C)([C@@H](C)O)[C@H]2[C@H]1C. The molecule has 1 aromatic rings. The van der Waals surface area contributed by atoms with E-state index in [9.17, 15) is 24.9 Å². The number of unbranched alkanes of at least 4 members (excludes halogenated alkanes) is 2. The first-order chi connectivity index (χ1) is 19.8. The number of amides is 1. The fourth-order valence-corrected chi connectivity index (χ4v) is 7.17. The van der Waals surface area contributed by atoms with Crippen LogP contribution in [0, 0.1) is 17.3 Å². The first-order valence-electron chi connectivity index (χ1n) is 15.3. The molecule has 0 spiro atoms. The minimum atomic E-state index is -1.16. The normalized spacial score (nSPS) is 28.0. The molecule has 1 aliphatic carbocycles. The maximum atomic E-state index is 13.0. The maximum Gasteiger partial charge on any atom is 0.352 e. The minimum Gasteiger partial charge on any atom is -0.507 e. The molecule has 0 saturated carbocycles. The minimum absolute atomic E-state index is 0.0322. The molecular formula is C35H47NO6. The number of hydrogen-bond donors (Lipinski definition) is 3. The fraction of sp³-hybridized carbons (Fsp3) is 0.543. The van der Waals surface area contributed by atoms with Crippen molar-refractivity contribution in [1.82, 2.24) is 4.90 Å². The Morgan fingerprint density at radius 1 is 1.31 bits per heavy atom. The second-order valence-corrected chi connectivity index (χ2v) is 12.7. The van der Waals surface area contributed by atoms with Gasteiger partial charge >= 0.3 is 5.97 Å². The van der Waals surface area contributed by atoms with E-state index in [0.717, 1.165) is 55.2 Å². The topological polar surface area (TPSA) is 107 Å². The summed E-state index contributed by atoms with van der Waals surface area (Å²) < 4.78 is 6.35. The second kappa shape index (κ2) is 12.5. The van der Waals surface area contributed by atoms with Crippen LogP contribution >= 0.6 is 0 Å². The van der Waals surface area contributed by atoms with Crippen molar-refractivity contribution in [1.29, 1.82) is 0 Å². The van der Waals surface area contributed by atoms with Gasteiger partial charge in [-0.05, 0) is 88.6 Å². The Bertz CT molecular complexity index is 1340. The molecule has 2 heterocycles. The van der Waals surface area contributed by atoms with Crippen molar-refractivity contribution in [2.45, 2.75) is 98.1 Å². The number of aliphatic carboxylic acids is 1. The molecule has 3 aliphatic rings. The number of phenolic OH excluding ortho intramolecular Hbond substituents is 1.